The monoisotopic (exact) mass is 446 g/mol. The van der Waals surface area contributed by atoms with E-state index in [-0.39, 0.29) is 11.7 Å². The van der Waals surface area contributed by atoms with Gasteiger partial charge in [-0.2, -0.15) is 0 Å². The number of carbonyl (C=O) groups excluding carboxylic acids is 1. The molecule has 0 N–H and O–H groups in total. The van der Waals surface area contributed by atoms with Crippen LogP contribution in [0.1, 0.15) is 53.0 Å². The fourth-order valence-corrected chi connectivity index (χ4v) is 3.86. The Morgan fingerprint density at radius 3 is 2.25 bits per heavy atom. The number of amides is 2. The van der Waals surface area contributed by atoms with Crippen LogP contribution in [-0.2, 0) is 6.54 Å². The van der Waals surface area contributed by atoms with Crippen molar-refractivity contribution in [3.8, 4) is 5.75 Å². The van der Waals surface area contributed by atoms with Crippen LogP contribution in [0.5, 0.6) is 5.75 Å². The summed E-state index contributed by atoms with van der Waals surface area (Å²) in [6, 6.07) is 4.52. The summed E-state index contributed by atoms with van der Waals surface area (Å²) in [5.74, 6) is 0.483. The predicted octanol–water partition coefficient (Wildman–Crippen LogP) is 4.89. The summed E-state index contributed by atoms with van der Waals surface area (Å²) in [6.45, 7) is 19.0. The van der Waals surface area contributed by atoms with Crippen LogP contribution in [0.2, 0.25) is 0 Å². The molecule has 0 saturated carbocycles. The van der Waals surface area contributed by atoms with Crippen molar-refractivity contribution in [1.29, 1.82) is 0 Å². The third kappa shape index (κ3) is 7.43. The van der Waals surface area contributed by atoms with Crippen molar-refractivity contribution >= 4 is 11.7 Å². The second kappa shape index (κ2) is 11.2. The lowest BCUT2D eigenvalue weighted by Gasteiger charge is -2.38. The maximum absolute atomic E-state index is 12.8. The summed E-state index contributed by atoms with van der Waals surface area (Å²) in [7, 11) is 0. The highest BCUT2D eigenvalue weighted by Gasteiger charge is 2.27. The predicted molar refractivity (Wildman–Crippen MR) is 127 cm³/mol. The number of rotatable bonds is 3. The molecule has 1 fully saturated rings. The number of nitrogens with zero attached hydrogens (tertiary/aromatic N) is 4. The number of nitro benzene ring substituents is 1. The molecule has 1 aromatic rings. The fraction of sp³-hybridized carbons (Fsp3) is 0.625. The van der Waals surface area contributed by atoms with Gasteiger partial charge in [-0.25, -0.2) is 4.79 Å². The van der Waals surface area contributed by atoms with Gasteiger partial charge in [0.05, 0.1) is 24.1 Å². The van der Waals surface area contributed by atoms with E-state index in [0.717, 1.165) is 24.4 Å². The van der Waals surface area contributed by atoms with Crippen LogP contribution >= 0.6 is 0 Å². The summed E-state index contributed by atoms with van der Waals surface area (Å²) in [5.41, 5.74) is 2.35. The molecule has 0 bridgehead atoms. The minimum absolute atomic E-state index is 0.00515. The normalized spacial score (nSPS) is 16.2. The van der Waals surface area contributed by atoms with Gasteiger partial charge in [0.1, 0.15) is 12.4 Å². The number of hydrogen-bond donors (Lipinski definition) is 0. The molecule has 0 aliphatic carbocycles. The Morgan fingerprint density at radius 2 is 1.75 bits per heavy atom. The van der Waals surface area contributed by atoms with Crippen molar-refractivity contribution in [2.75, 3.05) is 39.3 Å². The van der Waals surface area contributed by atoms with Crippen molar-refractivity contribution in [2.45, 2.75) is 54.0 Å². The topological polar surface area (TPSA) is 79.2 Å². The van der Waals surface area contributed by atoms with Gasteiger partial charge in [0.2, 0.25) is 0 Å². The van der Waals surface area contributed by atoms with Gasteiger partial charge < -0.3 is 19.4 Å². The Balaban J connectivity index is 0.000000451. The molecule has 2 aliphatic rings. The largest absolute Gasteiger partial charge is 0.491 e. The number of allylic oxidation sites excluding steroid dienone is 1. The molecule has 0 aromatic heterocycles. The van der Waals surface area contributed by atoms with Gasteiger partial charge in [-0.1, -0.05) is 40.7 Å². The number of nitro groups is 1. The van der Waals surface area contributed by atoms with E-state index in [1.807, 2.05) is 11.8 Å². The Kier molecular flexibility index (Phi) is 8.92. The average Bonchev–Trinajstić information content (AvgIpc) is 2.94. The maximum Gasteiger partial charge on any atom is 0.320 e. The van der Waals surface area contributed by atoms with Crippen LogP contribution < -0.4 is 4.74 Å². The summed E-state index contributed by atoms with van der Waals surface area (Å²) in [6.07, 6.45) is 2.65. The lowest BCUT2D eigenvalue weighted by atomic mass is 9.91. The fourth-order valence-electron chi connectivity index (χ4n) is 3.86. The first-order valence-electron chi connectivity index (χ1n) is 11.4. The molecule has 8 nitrogen and oxygen atoms in total. The van der Waals surface area contributed by atoms with E-state index in [4.69, 9.17) is 4.74 Å². The van der Waals surface area contributed by atoms with Gasteiger partial charge >= 0.3 is 6.03 Å². The number of fused-ring (bicyclic) bond motifs is 1. The van der Waals surface area contributed by atoms with E-state index < -0.39 is 4.92 Å². The zero-order valence-corrected chi connectivity index (χ0v) is 20.2. The molecule has 1 aromatic carbocycles. The van der Waals surface area contributed by atoms with E-state index in [2.05, 4.69) is 39.2 Å². The van der Waals surface area contributed by atoms with E-state index >= 15 is 0 Å². The second-order valence-electron chi connectivity index (χ2n) is 9.62. The summed E-state index contributed by atoms with van der Waals surface area (Å²) in [4.78, 5) is 29.0. The molecule has 0 unspecified atom stereocenters. The van der Waals surface area contributed by atoms with Crippen molar-refractivity contribution in [2.24, 2.45) is 5.41 Å². The summed E-state index contributed by atoms with van der Waals surface area (Å²) >= 11 is 0. The Bertz CT molecular complexity index is 811. The van der Waals surface area contributed by atoms with Gasteiger partial charge in [-0.15, -0.1) is 0 Å². The molecule has 2 amide bonds. The van der Waals surface area contributed by atoms with Crippen molar-refractivity contribution in [1.82, 2.24) is 14.7 Å². The average molecular weight is 447 g/mol. The Hall–Kier alpha value is -2.77. The molecule has 0 radical (unpaired) electrons. The highest BCUT2D eigenvalue weighted by Crippen LogP contribution is 2.28. The van der Waals surface area contributed by atoms with E-state index in [0.29, 0.717) is 44.0 Å². The first-order chi connectivity index (χ1) is 15.0. The number of non-ortho nitro benzene ring substituents is 1. The van der Waals surface area contributed by atoms with Crippen LogP contribution in [0.3, 0.4) is 0 Å². The van der Waals surface area contributed by atoms with E-state index in [1.54, 1.807) is 11.0 Å². The number of hydrogen-bond acceptors (Lipinski definition) is 5. The van der Waals surface area contributed by atoms with Crippen molar-refractivity contribution in [3.63, 3.8) is 0 Å². The van der Waals surface area contributed by atoms with Crippen LogP contribution in [0, 0.1) is 15.5 Å². The first kappa shape index (κ1) is 25.5. The highest BCUT2D eigenvalue weighted by molar-refractivity contribution is 5.75. The van der Waals surface area contributed by atoms with Crippen LogP contribution in [0.25, 0.3) is 0 Å². The standard InChI is InChI=1S/C17H22N4O4.C7H16/c1-13(2)18-5-7-19(8-6-18)17(22)20-9-10-25-16-11-15(21(23)24)4-3-14(16)12-20;1-5-6-7(2,3)4/h3-4,11H,1,5-10,12H2,2H3;5-6H2,1-4H3. The molecule has 2 heterocycles. The molecule has 8 heteroatoms. The molecule has 0 atom stereocenters. The van der Waals surface area contributed by atoms with E-state index in [1.165, 1.54) is 25.0 Å². The minimum Gasteiger partial charge on any atom is -0.491 e. The molecule has 178 valence electrons. The van der Waals surface area contributed by atoms with Crippen LogP contribution in [0.15, 0.2) is 30.5 Å². The minimum atomic E-state index is -0.446. The lowest BCUT2D eigenvalue weighted by Crippen LogP contribution is -2.52. The molecule has 0 spiro atoms. The maximum atomic E-state index is 12.8. The molecule has 32 heavy (non-hydrogen) atoms. The summed E-state index contributed by atoms with van der Waals surface area (Å²) < 4.78 is 5.62. The Morgan fingerprint density at radius 1 is 1.12 bits per heavy atom. The third-order valence-electron chi connectivity index (χ3n) is 5.60. The molecule has 3 rings (SSSR count). The Labute approximate surface area is 192 Å². The number of piperazine rings is 1. The third-order valence-corrected chi connectivity index (χ3v) is 5.60. The molecule has 2 aliphatic heterocycles. The number of carbonyl (C=O) groups is 1. The first-order valence-corrected chi connectivity index (χ1v) is 11.4. The number of benzene rings is 1. The van der Waals surface area contributed by atoms with Crippen molar-refractivity contribution < 1.29 is 14.5 Å². The van der Waals surface area contributed by atoms with Gasteiger partial charge in [0.25, 0.3) is 5.69 Å². The second-order valence-corrected chi connectivity index (χ2v) is 9.62. The lowest BCUT2D eigenvalue weighted by molar-refractivity contribution is -0.384. The van der Waals surface area contributed by atoms with Crippen LogP contribution in [-0.4, -0.2) is 65.0 Å². The number of urea groups is 1. The molecular weight excluding hydrogens is 408 g/mol. The molecule has 1 saturated heterocycles. The number of ether oxygens (including phenoxy) is 1. The molecular formula is C24H38N4O4. The quantitative estimate of drug-likeness (QED) is 0.488. The van der Waals surface area contributed by atoms with Gasteiger partial charge in [0.15, 0.2) is 0 Å². The van der Waals surface area contributed by atoms with Gasteiger partial charge in [0, 0.05) is 43.5 Å². The smallest absolute Gasteiger partial charge is 0.320 e. The van der Waals surface area contributed by atoms with Gasteiger partial charge in [-0.3, -0.25) is 10.1 Å². The summed E-state index contributed by atoms with van der Waals surface area (Å²) in [5, 5.41) is 10.9. The SMILES string of the molecule is C=C(C)N1CCN(C(=O)N2CCOc3cc([N+](=O)[O-])ccc3C2)CC1.CCCC(C)(C)C. The zero-order valence-electron chi connectivity index (χ0n) is 20.2. The van der Waals surface area contributed by atoms with E-state index in [9.17, 15) is 14.9 Å². The van der Waals surface area contributed by atoms with Gasteiger partial charge in [-0.05, 0) is 24.8 Å². The van der Waals surface area contributed by atoms with Crippen LogP contribution in [0.4, 0.5) is 10.5 Å². The van der Waals surface area contributed by atoms with Crippen molar-refractivity contribution in [3.05, 3.63) is 46.2 Å². The highest BCUT2D eigenvalue weighted by atomic mass is 16.6. The zero-order chi connectivity index (χ0) is 23.9.